The molecule has 0 N–H and O–H groups in total. The maximum Gasteiger partial charge on any atom is 0.416 e. The molecule has 110 valence electrons. The van der Waals surface area contributed by atoms with E-state index in [0.717, 1.165) is 12.1 Å². The van der Waals surface area contributed by atoms with Crippen molar-refractivity contribution in [1.82, 2.24) is 0 Å². The van der Waals surface area contributed by atoms with Crippen LogP contribution in [0.2, 0.25) is 0 Å². The van der Waals surface area contributed by atoms with E-state index in [1.165, 1.54) is 6.07 Å². The first-order valence-corrected chi connectivity index (χ1v) is 6.96. The summed E-state index contributed by atoms with van der Waals surface area (Å²) in [6.07, 6.45) is -4.38. The molecule has 0 radical (unpaired) electrons. The Morgan fingerprint density at radius 3 is 2.40 bits per heavy atom. The van der Waals surface area contributed by atoms with Crippen LogP contribution in [0.1, 0.15) is 31.9 Å². The molecular formula is C14H15BrF3NO. The molecule has 2 rings (SSSR count). The quantitative estimate of drug-likeness (QED) is 0.722. The van der Waals surface area contributed by atoms with Gasteiger partial charge in [-0.3, -0.25) is 0 Å². The van der Waals surface area contributed by atoms with Gasteiger partial charge in [0.2, 0.25) is 5.90 Å². The molecule has 0 fully saturated rings. The van der Waals surface area contributed by atoms with Gasteiger partial charge in [-0.2, -0.15) is 13.2 Å². The number of alkyl halides is 3. The van der Waals surface area contributed by atoms with Crippen molar-refractivity contribution >= 4 is 21.8 Å². The molecule has 1 atom stereocenters. The van der Waals surface area contributed by atoms with Gasteiger partial charge in [-0.25, -0.2) is 4.99 Å². The van der Waals surface area contributed by atoms with E-state index in [9.17, 15) is 13.2 Å². The molecule has 0 aromatic heterocycles. The first kappa shape index (κ1) is 15.4. The van der Waals surface area contributed by atoms with E-state index in [0.29, 0.717) is 16.6 Å². The summed E-state index contributed by atoms with van der Waals surface area (Å²) in [5, 5.41) is 0. The van der Waals surface area contributed by atoms with E-state index < -0.39 is 11.7 Å². The Bertz CT molecular complexity index is 546. The third-order valence-electron chi connectivity index (χ3n) is 3.17. The van der Waals surface area contributed by atoms with Gasteiger partial charge in [-0.05, 0) is 39.5 Å². The summed E-state index contributed by atoms with van der Waals surface area (Å²) in [5.74, 6) is 0.267. The van der Waals surface area contributed by atoms with Gasteiger partial charge in [0, 0.05) is 4.47 Å². The van der Waals surface area contributed by atoms with Gasteiger partial charge in [0.1, 0.15) is 6.61 Å². The molecule has 0 unspecified atom stereocenters. The maximum absolute atomic E-state index is 12.8. The van der Waals surface area contributed by atoms with Crippen LogP contribution in [0.25, 0.3) is 0 Å². The topological polar surface area (TPSA) is 21.6 Å². The van der Waals surface area contributed by atoms with E-state index in [-0.39, 0.29) is 17.4 Å². The largest absolute Gasteiger partial charge is 0.475 e. The summed E-state index contributed by atoms with van der Waals surface area (Å²) < 4.78 is 44.3. The smallest absolute Gasteiger partial charge is 0.416 e. The molecule has 0 aliphatic carbocycles. The molecule has 6 heteroatoms. The van der Waals surface area contributed by atoms with Crippen molar-refractivity contribution in [2.24, 2.45) is 10.4 Å². The molecule has 1 aliphatic heterocycles. The molecule has 1 aliphatic rings. The predicted octanol–water partition coefficient (Wildman–Crippen LogP) is 4.66. The molecule has 0 spiro atoms. The Morgan fingerprint density at radius 1 is 1.25 bits per heavy atom. The van der Waals surface area contributed by atoms with Crippen LogP contribution in [0.15, 0.2) is 27.7 Å². The summed E-state index contributed by atoms with van der Waals surface area (Å²) in [6, 6.07) is 3.41. The molecule has 0 amide bonds. The lowest BCUT2D eigenvalue weighted by Crippen LogP contribution is -2.25. The molecule has 0 saturated carbocycles. The molecule has 1 aromatic rings. The third-order valence-corrected chi connectivity index (χ3v) is 3.87. The van der Waals surface area contributed by atoms with Crippen molar-refractivity contribution in [2.45, 2.75) is 33.0 Å². The van der Waals surface area contributed by atoms with Crippen molar-refractivity contribution < 1.29 is 17.9 Å². The normalized spacial score (nSPS) is 19.8. The minimum atomic E-state index is -4.38. The average Bonchev–Trinajstić information content (AvgIpc) is 2.76. The van der Waals surface area contributed by atoms with Gasteiger partial charge in [0.15, 0.2) is 0 Å². The standard InChI is InChI=1S/C14H15BrF3NO/c1-13(2,3)11-7-20-12(19-11)9-6-8(14(16,17)18)4-5-10(9)15/h4-6,11H,7H2,1-3H3/t11-/m1/s1. The van der Waals surface area contributed by atoms with Crippen LogP contribution in [-0.2, 0) is 10.9 Å². The van der Waals surface area contributed by atoms with Crippen LogP contribution in [0.3, 0.4) is 0 Å². The lowest BCUT2D eigenvalue weighted by Gasteiger charge is -2.21. The van der Waals surface area contributed by atoms with Crippen LogP contribution in [0.4, 0.5) is 13.2 Å². The van der Waals surface area contributed by atoms with Crippen LogP contribution >= 0.6 is 15.9 Å². The van der Waals surface area contributed by atoms with Crippen LogP contribution in [0.5, 0.6) is 0 Å². The highest BCUT2D eigenvalue weighted by molar-refractivity contribution is 9.10. The second kappa shape index (κ2) is 5.06. The zero-order chi connectivity index (χ0) is 15.1. The number of hydrogen-bond donors (Lipinski definition) is 0. The lowest BCUT2D eigenvalue weighted by molar-refractivity contribution is -0.137. The molecule has 1 aromatic carbocycles. The number of hydrogen-bond acceptors (Lipinski definition) is 2. The first-order valence-electron chi connectivity index (χ1n) is 6.17. The number of halogens is 4. The molecule has 0 saturated heterocycles. The van der Waals surface area contributed by atoms with Crippen molar-refractivity contribution in [3.05, 3.63) is 33.8 Å². The van der Waals surface area contributed by atoms with Crippen molar-refractivity contribution in [1.29, 1.82) is 0 Å². The van der Waals surface area contributed by atoms with Gasteiger partial charge in [0.05, 0.1) is 17.2 Å². The van der Waals surface area contributed by atoms with Crippen molar-refractivity contribution in [2.75, 3.05) is 6.61 Å². The monoisotopic (exact) mass is 349 g/mol. The summed E-state index contributed by atoms with van der Waals surface area (Å²) in [5.41, 5.74) is -0.455. The third kappa shape index (κ3) is 3.16. The number of aliphatic imine (C=N–C) groups is 1. The lowest BCUT2D eigenvalue weighted by atomic mass is 9.88. The van der Waals surface area contributed by atoms with E-state index in [2.05, 4.69) is 20.9 Å². The Hall–Kier alpha value is -1.04. The molecule has 2 nitrogen and oxygen atoms in total. The summed E-state index contributed by atoms with van der Waals surface area (Å²) in [7, 11) is 0. The second-order valence-electron chi connectivity index (χ2n) is 5.82. The van der Waals surface area contributed by atoms with Crippen molar-refractivity contribution in [3.8, 4) is 0 Å². The molecule has 20 heavy (non-hydrogen) atoms. The highest BCUT2D eigenvalue weighted by Gasteiger charge is 2.34. The fourth-order valence-electron chi connectivity index (χ4n) is 1.83. The van der Waals surface area contributed by atoms with E-state index in [1.54, 1.807) is 0 Å². The molecular weight excluding hydrogens is 335 g/mol. The van der Waals surface area contributed by atoms with E-state index >= 15 is 0 Å². The SMILES string of the molecule is CC(C)(C)[C@H]1COC(c2cc(C(F)(F)F)ccc2Br)=N1. The van der Waals surface area contributed by atoms with Crippen LogP contribution in [0, 0.1) is 5.41 Å². The van der Waals surface area contributed by atoms with Crippen LogP contribution in [-0.4, -0.2) is 18.5 Å². The van der Waals surface area contributed by atoms with E-state index in [1.807, 2.05) is 20.8 Å². The Balaban J connectivity index is 2.39. The Kier molecular flexibility index (Phi) is 3.88. The zero-order valence-electron chi connectivity index (χ0n) is 11.4. The number of ether oxygens (including phenoxy) is 1. The van der Waals surface area contributed by atoms with E-state index in [4.69, 9.17) is 4.74 Å². The average molecular weight is 350 g/mol. The highest BCUT2D eigenvalue weighted by atomic mass is 79.9. The minimum Gasteiger partial charge on any atom is -0.475 e. The summed E-state index contributed by atoms with van der Waals surface area (Å²) >= 11 is 3.25. The minimum absolute atomic E-state index is 0.0565. The summed E-state index contributed by atoms with van der Waals surface area (Å²) in [4.78, 5) is 4.41. The Morgan fingerprint density at radius 2 is 1.90 bits per heavy atom. The first-order chi connectivity index (χ1) is 9.09. The van der Waals surface area contributed by atoms with Gasteiger partial charge in [0.25, 0.3) is 0 Å². The highest BCUT2D eigenvalue weighted by Crippen LogP contribution is 2.34. The fourth-order valence-corrected chi connectivity index (χ4v) is 2.25. The fraction of sp³-hybridized carbons (Fsp3) is 0.500. The summed E-state index contributed by atoms with van der Waals surface area (Å²) in [6.45, 7) is 6.46. The zero-order valence-corrected chi connectivity index (χ0v) is 13.0. The number of rotatable bonds is 1. The van der Waals surface area contributed by atoms with Gasteiger partial charge >= 0.3 is 6.18 Å². The van der Waals surface area contributed by atoms with Gasteiger partial charge < -0.3 is 4.74 Å². The Labute approximate surface area is 124 Å². The molecule has 0 bridgehead atoms. The number of nitrogens with zero attached hydrogens (tertiary/aromatic N) is 1. The van der Waals surface area contributed by atoms with Crippen molar-refractivity contribution in [3.63, 3.8) is 0 Å². The van der Waals surface area contributed by atoms with Gasteiger partial charge in [-0.15, -0.1) is 0 Å². The maximum atomic E-state index is 12.8. The second-order valence-corrected chi connectivity index (χ2v) is 6.67. The molecule has 1 heterocycles. The van der Waals surface area contributed by atoms with Gasteiger partial charge in [-0.1, -0.05) is 20.8 Å². The van der Waals surface area contributed by atoms with Crippen LogP contribution < -0.4 is 0 Å². The predicted molar refractivity (Wildman–Crippen MR) is 74.9 cm³/mol. The number of benzene rings is 1.